The minimum Gasteiger partial charge on any atom is -0.456 e. The van der Waals surface area contributed by atoms with Gasteiger partial charge >= 0.3 is 0 Å². The Morgan fingerprint density at radius 2 is 1.10 bits per heavy atom. The molecule has 10 rings (SSSR count). The molecule has 0 radical (unpaired) electrons. The van der Waals surface area contributed by atoms with Gasteiger partial charge in [-0.2, -0.15) is 0 Å². The van der Waals surface area contributed by atoms with E-state index >= 15 is 0 Å². The van der Waals surface area contributed by atoms with Crippen LogP contribution in [0.5, 0.6) is 0 Å². The Labute approximate surface area is 297 Å². The first kappa shape index (κ1) is 29.5. The first-order chi connectivity index (χ1) is 25.0. The average Bonchev–Trinajstić information content (AvgIpc) is 3.67. The standard InChI is InChI=1S/C49H35NO/c1-49(2)44-27-26-39(31-43(44)48-40(16-10-17-45(48)49)34-12-4-3-5-13-34)50(38-25-21-32-11-6-7-14-35(32)29-38)37-23-19-33(20-24-37)36-22-28-47-42(30-36)41-15-8-9-18-46(41)51-47/h3-31H,1-2H3. The van der Waals surface area contributed by atoms with Crippen LogP contribution >= 0.6 is 0 Å². The number of anilines is 3. The number of furan rings is 1. The molecule has 2 nitrogen and oxygen atoms in total. The SMILES string of the molecule is CC1(C)c2ccc(N(c3ccc(-c4ccc5oc6ccccc6c5c4)cc3)c3ccc4ccccc4c3)cc2-c2c(-c3ccccc3)cccc21. The van der Waals surface area contributed by atoms with Crippen LogP contribution in [0.25, 0.3) is 66.1 Å². The third kappa shape index (κ3) is 4.71. The molecule has 242 valence electrons. The molecule has 0 saturated heterocycles. The van der Waals surface area contributed by atoms with Crippen molar-refractivity contribution in [3.05, 3.63) is 187 Å². The molecule has 1 aliphatic carbocycles. The van der Waals surface area contributed by atoms with Crippen molar-refractivity contribution < 1.29 is 4.42 Å². The molecule has 8 aromatic carbocycles. The molecule has 0 atom stereocenters. The third-order valence-corrected chi connectivity index (χ3v) is 10.9. The van der Waals surface area contributed by atoms with Gasteiger partial charge in [-0.05, 0) is 110 Å². The maximum absolute atomic E-state index is 6.11. The zero-order valence-corrected chi connectivity index (χ0v) is 28.6. The van der Waals surface area contributed by atoms with E-state index in [9.17, 15) is 0 Å². The Bertz CT molecular complexity index is 2770. The number of para-hydroxylation sites is 1. The van der Waals surface area contributed by atoms with Crippen LogP contribution in [0.2, 0.25) is 0 Å². The van der Waals surface area contributed by atoms with Crippen molar-refractivity contribution in [2.24, 2.45) is 0 Å². The van der Waals surface area contributed by atoms with Gasteiger partial charge in [0.2, 0.25) is 0 Å². The summed E-state index contributed by atoms with van der Waals surface area (Å²) in [5.74, 6) is 0. The van der Waals surface area contributed by atoms with Crippen LogP contribution in [-0.4, -0.2) is 0 Å². The number of nitrogens with zero attached hydrogens (tertiary/aromatic N) is 1. The molecule has 1 aromatic heterocycles. The van der Waals surface area contributed by atoms with Gasteiger partial charge in [-0.1, -0.05) is 135 Å². The minimum absolute atomic E-state index is 0.106. The Kier molecular flexibility index (Phi) is 6.56. The van der Waals surface area contributed by atoms with E-state index in [4.69, 9.17) is 4.42 Å². The highest BCUT2D eigenvalue weighted by molar-refractivity contribution is 6.06. The molecular formula is C49H35NO. The summed E-state index contributed by atoms with van der Waals surface area (Å²) in [4.78, 5) is 2.40. The molecule has 0 N–H and O–H groups in total. The lowest BCUT2D eigenvalue weighted by Crippen LogP contribution is -2.15. The topological polar surface area (TPSA) is 16.4 Å². The lowest BCUT2D eigenvalue weighted by atomic mass is 9.82. The van der Waals surface area contributed by atoms with Gasteiger partial charge in [0.05, 0.1) is 0 Å². The monoisotopic (exact) mass is 653 g/mol. The van der Waals surface area contributed by atoms with Crippen LogP contribution in [0.1, 0.15) is 25.0 Å². The first-order valence-electron chi connectivity index (χ1n) is 17.7. The molecule has 0 saturated carbocycles. The molecular weight excluding hydrogens is 619 g/mol. The summed E-state index contributed by atoms with van der Waals surface area (Å²) in [6.45, 7) is 4.71. The smallest absolute Gasteiger partial charge is 0.135 e. The van der Waals surface area contributed by atoms with Gasteiger partial charge < -0.3 is 9.32 Å². The quantitative estimate of drug-likeness (QED) is 0.184. The molecule has 1 heterocycles. The van der Waals surface area contributed by atoms with Gasteiger partial charge in [-0.15, -0.1) is 0 Å². The number of hydrogen-bond donors (Lipinski definition) is 0. The summed E-state index contributed by atoms with van der Waals surface area (Å²) in [5, 5.41) is 4.73. The summed E-state index contributed by atoms with van der Waals surface area (Å²) in [5.41, 5.74) is 15.3. The zero-order chi connectivity index (χ0) is 34.1. The van der Waals surface area contributed by atoms with E-state index in [2.05, 4.69) is 183 Å². The molecule has 1 aliphatic rings. The Hall–Kier alpha value is -6.38. The highest BCUT2D eigenvalue weighted by Crippen LogP contribution is 2.53. The average molecular weight is 654 g/mol. The number of rotatable bonds is 5. The van der Waals surface area contributed by atoms with Crippen molar-refractivity contribution in [2.75, 3.05) is 4.90 Å². The molecule has 51 heavy (non-hydrogen) atoms. The van der Waals surface area contributed by atoms with Crippen LogP contribution in [0.15, 0.2) is 180 Å². The van der Waals surface area contributed by atoms with E-state index in [1.165, 1.54) is 55.3 Å². The van der Waals surface area contributed by atoms with Crippen molar-refractivity contribution in [2.45, 2.75) is 19.3 Å². The van der Waals surface area contributed by atoms with Crippen molar-refractivity contribution in [3.63, 3.8) is 0 Å². The van der Waals surface area contributed by atoms with E-state index in [0.29, 0.717) is 0 Å². The summed E-state index contributed by atoms with van der Waals surface area (Å²) >= 11 is 0. The second-order valence-corrected chi connectivity index (χ2v) is 14.2. The fourth-order valence-corrected chi connectivity index (χ4v) is 8.26. The van der Waals surface area contributed by atoms with Crippen LogP contribution < -0.4 is 4.90 Å². The van der Waals surface area contributed by atoms with Crippen molar-refractivity contribution in [1.82, 2.24) is 0 Å². The first-order valence-corrected chi connectivity index (χ1v) is 17.7. The molecule has 0 aliphatic heterocycles. The lowest BCUT2D eigenvalue weighted by molar-refractivity contribution is 0.660. The summed E-state index contributed by atoms with van der Waals surface area (Å²) in [6, 6.07) is 63.8. The maximum atomic E-state index is 6.11. The molecule has 0 fully saturated rings. The second-order valence-electron chi connectivity index (χ2n) is 14.2. The summed E-state index contributed by atoms with van der Waals surface area (Å²) in [7, 11) is 0. The van der Waals surface area contributed by atoms with Crippen LogP contribution in [0, 0.1) is 0 Å². The minimum atomic E-state index is -0.106. The van der Waals surface area contributed by atoms with Crippen LogP contribution in [0.4, 0.5) is 17.1 Å². The zero-order valence-electron chi connectivity index (χ0n) is 28.6. The molecule has 2 heteroatoms. The summed E-state index contributed by atoms with van der Waals surface area (Å²) in [6.07, 6.45) is 0. The van der Waals surface area contributed by atoms with Crippen LogP contribution in [-0.2, 0) is 5.41 Å². The van der Waals surface area contributed by atoms with Crippen LogP contribution in [0.3, 0.4) is 0 Å². The van der Waals surface area contributed by atoms with Gasteiger partial charge in [0.15, 0.2) is 0 Å². The van der Waals surface area contributed by atoms with E-state index in [-0.39, 0.29) is 5.41 Å². The van der Waals surface area contributed by atoms with E-state index in [1.54, 1.807) is 0 Å². The predicted octanol–water partition coefficient (Wildman–Crippen LogP) is 13.8. The Morgan fingerprint density at radius 3 is 1.96 bits per heavy atom. The molecule has 9 aromatic rings. The third-order valence-electron chi connectivity index (χ3n) is 10.9. The normalized spacial score (nSPS) is 13.1. The molecule has 0 unspecified atom stereocenters. The number of benzene rings is 8. The van der Waals surface area contributed by atoms with E-state index in [1.807, 2.05) is 12.1 Å². The highest BCUT2D eigenvalue weighted by atomic mass is 16.3. The van der Waals surface area contributed by atoms with Gasteiger partial charge in [0, 0.05) is 33.2 Å². The molecule has 0 bridgehead atoms. The van der Waals surface area contributed by atoms with Crippen molar-refractivity contribution in [3.8, 4) is 33.4 Å². The molecule has 0 spiro atoms. The number of fused-ring (bicyclic) bond motifs is 7. The maximum Gasteiger partial charge on any atom is 0.135 e. The lowest BCUT2D eigenvalue weighted by Gasteiger charge is -2.27. The predicted molar refractivity (Wildman–Crippen MR) is 214 cm³/mol. The fraction of sp³-hybridized carbons (Fsp3) is 0.0612. The highest BCUT2D eigenvalue weighted by Gasteiger charge is 2.37. The van der Waals surface area contributed by atoms with E-state index in [0.717, 1.165) is 39.0 Å². The second kappa shape index (κ2) is 11.3. The van der Waals surface area contributed by atoms with Crippen molar-refractivity contribution >= 4 is 49.8 Å². The molecule has 0 amide bonds. The van der Waals surface area contributed by atoms with Crippen molar-refractivity contribution in [1.29, 1.82) is 0 Å². The van der Waals surface area contributed by atoms with E-state index < -0.39 is 0 Å². The summed E-state index contributed by atoms with van der Waals surface area (Å²) < 4.78 is 6.11. The number of hydrogen-bond acceptors (Lipinski definition) is 2. The fourth-order valence-electron chi connectivity index (χ4n) is 8.26. The largest absolute Gasteiger partial charge is 0.456 e. The van der Waals surface area contributed by atoms with Gasteiger partial charge in [-0.3, -0.25) is 0 Å². The van der Waals surface area contributed by atoms with Gasteiger partial charge in [-0.25, -0.2) is 0 Å². The van der Waals surface area contributed by atoms with Gasteiger partial charge in [0.25, 0.3) is 0 Å². The Morgan fingerprint density at radius 1 is 0.412 bits per heavy atom. The Balaban J connectivity index is 1.13. The van der Waals surface area contributed by atoms with Gasteiger partial charge in [0.1, 0.15) is 11.2 Å².